The second kappa shape index (κ2) is 7.35. The van der Waals surface area contributed by atoms with E-state index >= 15 is 0 Å². The largest absolute Gasteiger partial charge is 0.496 e. The summed E-state index contributed by atoms with van der Waals surface area (Å²) < 4.78 is 5.32. The van der Waals surface area contributed by atoms with Crippen LogP contribution in [-0.2, 0) is 20.8 Å². The van der Waals surface area contributed by atoms with Gasteiger partial charge in [0.05, 0.1) is 20.2 Å². The fourth-order valence-corrected chi connectivity index (χ4v) is 3.57. The Bertz CT molecular complexity index is 733. The topological polar surface area (TPSA) is 70.2 Å². The highest BCUT2D eigenvalue weighted by atomic mass is 16.5. The lowest BCUT2D eigenvalue weighted by Gasteiger charge is -2.45. The molecule has 2 aliphatic heterocycles. The van der Waals surface area contributed by atoms with E-state index in [2.05, 4.69) is 0 Å². The summed E-state index contributed by atoms with van der Waals surface area (Å²) in [5.74, 6) is 0.692. The third kappa shape index (κ3) is 3.52. The van der Waals surface area contributed by atoms with Gasteiger partial charge in [0.2, 0.25) is 17.7 Å². The highest BCUT2D eigenvalue weighted by molar-refractivity contribution is 5.95. The number of nitrogens with zero attached hydrogens (tertiary/aromatic N) is 3. The Hall–Kier alpha value is -2.57. The van der Waals surface area contributed by atoms with Gasteiger partial charge in [-0.2, -0.15) is 0 Å². The zero-order chi connectivity index (χ0) is 18.8. The summed E-state index contributed by atoms with van der Waals surface area (Å²) in [6.07, 6.45) is 0.990. The fraction of sp³-hybridized carbons (Fsp3) is 0.526. The maximum absolute atomic E-state index is 12.6. The van der Waals surface area contributed by atoms with Crippen LogP contribution in [0.4, 0.5) is 0 Å². The number of carbonyl (C=O) groups is 3. The summed E-state index contributed by atoms with van der Waals surface area (Å²) in [5, 5.41) is 0. The van der Waals surface area contributed by atoms with E-state index in [1.54, 1.807) is 24.0 Å². The number of benzene rings is 1. The molecule has 3 rings (SSSR count). The van der Waals surface area contributed by atoms with E-state index in [9.17, 15) is 14.4 Å². The van der Waals surface area contributed by atoms with Crippen molar-refractivity contribution in [3.05, 3.63) is 29.3 Å². The van der Waals surface area contributed by atoms with Gasteiger partial charge in [0, 0.05) is 26.6 Å². The van der Waals surface area contributed by atoms with Crippen molar-refractivity contribution >= 4 is 17.7 Å². The number of aryl methyl sites for hydroxylation is 2. The molecule has 140 valence electrons. The summed E-state index contributed by atoms with van der Waals surface area (Å²) in [7, 11) is 3.26. The minimum Gasteiger partial charge on any atom is -0.496 e. The highest BCUT2D eigenvalue weighted by Crippen LogP contribution is 2.21. The summed E-state index contributed by atoms with van der Waals surface area (Å²) >= 11 is 0. The van der Waals surface area contributed by atoms with Gasteiger partial charge in [-0.25, -0.2) is 0 Å². The summed E-state index contributed by atoms with van der Waals surface area (Å²) in [4.78, 5) is 41.8. The Morgan fingerprint density at radius 1 is 1.27 bits per heavy atom. The van der Waals surface area contributed by atoms with Crippen LogP contribution in [0.2, 0.25) is 0 Å². The number of fused-ring (bicyclic) bond motifs is 1. The number of piperazine rings is 2. The van der Waals surface area contributed by atoms with Crippen molar-refractivity contribution < 1.29 is 19.1 Å². The van der Waals surface area contributed by atoms with Gasteiger partial charge in [-0.05, 0) is 30.5 Å². The third-order valence-electron chi connectivity index (χ3n) is 5.19. The Morgan fingerprint density at radius 3 is 2.77 bits per heavy atom. The van der Waals surface area contributed by atoms with Crippen LogP contribution in [0, 0.1) is 6.92 Å². The number of ether oxygens (including phenoxy) is 1. The molecule has 0 saturated carbocycles. The lowest BCUT2D eigenvalue weighted by molar-refractivity contribution is -0.160. The van der Waals surface area contributed by atoms with E-state index in [1.807, 2.05) is 25.1 Å². The average Bonchev–Trinajstić information content (AvgIpc) is 2.64. The first kappa shape index (κ1) is 18.2. The van der Waals surface area contributed by atoms with Crippen LogP contribution in [0.5, 0.6) is 5.75 Å². The molecule has 2 fully saturated rings. The molecule has 7 heteroatoms. The Balaban J connectivity index is 1.60. The monoisotopic (exact) mass is 359 g/mol. The molecule has 2 aliphatic rings. The molecule has 0 aliphatic carbocycles. The molecule has 0 bridgehead atoms. The normalized spacial score (nSPS) is 20.3. The molecule has 26 heavy (non-hydrogen) atoms. The molecule has 7 nitrogen and oxygen atoms in total. The molecule has 3 amide bonds. The van der Waals surface area contributed by atoms with Crippen LogP contribution in [0.15, 0.2) is 18.2 Å². The minimum absolute atomic E-state index is 0.0117. The quantitative estimate of drug-likeness (QED) is 0.783. The standard InChI is InChI=1S/C19H25N3O4/c1-13-4-5-14(10-16(13)26-3)6-7-17(23)21-8-9-22-15(11-21)19(25)20(2)12-18(22)24/h4-5,10,15H,6-9,11-12H2,1-3H3/t15-/m0/s1. The van der Waals surface area contributed by atoms with Gasteiger partial charge in [0.1, 0.15) is 11.8 Å². The summed E-state index contributed by atoms with van der Waals surface area (Å²) in [5.41, 5.74) is 2.10. The van der Waals surface area contributed by atoms with E-state index in [0.717, 1.165) is 16.9 Å². The van der Waals surface area contributed by atoms with Gasteiger partial charge < -0.3 is 19.4 Å². The van der Waals surface area contributed by atoms with Gasteiger partial charge in [0.15, 0.2) is 0 Å². The molecule has 0 spiro atoms. The maximum atomic E-state index is 12.6. The Morgan fingerprint density at radius 2 is 2.04 bits per heavy atom. The smallest absolute Gasteiger partial charge is 0.247 e. The number of hydrogen-bond donors (Lipinski definition) is 0. The first-order chi connectivity index (χ1) is 12.4. The van der Waals surface area contributed by atoms with Crippen LogP contribution in [0.3, 0.4) is 0 Å². The SMILES string of the molecule is COc1cc(CCC(=O)N2CCN3C(=O)CN(C)C(=O)[C@@H]3C2)ccc1C. The minimum atomic E-state index is -0.543. The first-order valence-corrected chi connectivity index (χ1v) is 8.86. The number of methoxy groups -OCH3 is 1. The second-order valence-corrected chi connectivity index (χ2v) is 6.94. The van der Waals surface area contributed by atoms with Crippen LogP contribution in [0.1, 0.15) is 17.5 Å². The van der Waals surface area contributed by atoms with Crippen molar-refractivity contribution in [2.45, 2.75) is 25.8 Å². The van der Waals surface area contributed by atoms with Crippen molar-refractivity contribution in [3.8, 4) is 5.75 Å². The molecular weight excluding hydrogens is 334 g/mol. The molecule has 0 aromatic heterocycles. The predicted octanol–water partition coefficient (Wildman–Crippen LogP) is 0.448. The first-order valence-electron chi connectivity index (χ1n) is 8.86. The molecule has 0 radical (unpaired) electrons. The van der Waals surface area contributed by atoms with Crippen molar-refractivity contribution in [2.24, 2.45) is 0 Å². The Labute approximate surface area is 153 Å². The summed E-state index contributed by atoms with van der Waals surface area (Å²) in [6, 6.07) is 5.40. The molecule has 1 aromatic carbocycles. The van der Waals surface area contributed by atoms with E-state index in [4.69, 9.17) is 4.74 Å². The van der Waals surface area contributed by atoms with Crippen molar-refractivity contribution in [1.82, 2.24) is 14.7 Å². The molecule has 2 saturated heterocycles. The van der Waals surface area contributed by atoms with Gasteiger partial charge >= 0.3 is 0 Å². The van der Waals surface area contributed by atoms with Crippen LogP contribution >= 0.6 is 0 Å². The van der Waals surface area contributed by atoms with E-state index < -0.39 is 6.04 Å². The number of hydrogen-bond acceptors (Lipinski definition) is 4. The van der Waals surface area contributed by atoms with Gasteiger partial charge in [-0.3, -0.25) is 14.4 Å². The maximum Gasteiger partial charge on any atom is 0.247 e. The van der Waals surface area contributed by atoms with Gasteiger partial charge in [-0.15, -0.1) is 0 Å². The van der Waals surface area contributed by atoms with Crippen molar-refractivity contribution in [3.63, 3.8) is 0 Å². The van der Waals surface area contributed by atoms with E-state index in [-0.39, 0.29) is 30.8 Å². The van der Waals surface area contributed by atoms with Crippen molar-refractivity contribution in [2.75, 3.05) is 40.3 Å². The second-order valence-electron chi connectivity index (χ2n) is 6.94. The fourth-order valence-electron chi connectivity index (χ4n) is 3.57. The van der Waals surface area contributed by atoms with E-state index in [0.29, 0.717) is 25.9 Å². The van der Waals surface area contributed by atoms with Gasteiger partial charge in [-0.1, -0.05) is 12.1 Å². The van der Waals surface area contributed by atoms with Crippen LogP contribution in [-0.4, -0.2) is 78.8 Å². The third-order valence-corrected chi connectivity index (χ3v) is 5.19. The van der Waals surface area contributed by atoms with Crippen LogP contribution in [0.25, 0.3) is 0 Å². The zero-order valence-electron chi connectivity index (χ0n) is 15.5. The number of likely N-dealkylation sites (N-methyl/N-ethyl adjacent to an activating group) is 1. The Kier molecular flexibility index (Phi) is 5.15. The van der Waals surface area contributed by atoms with Gasteiger partial charge in [0.25, 0.3) is 0 Å². The van der Waals surface area contributed by atoms with Crippen molar-refractivity contribution in [1.29, 1.82) is 0 Å². The van der Waals surface area contributed by atoms with Crippen LogP contribution < -0.4 is 4.74 Å². The van der Waals surface area contributed by atoms with E-state index in [1.165, 1.54) is 4.90 Å². The summed E-state index contributed by atoms with van der Waals surface area (Å²) in [6.45, 7) is 3.29. The molecule has 0 unspecified atom stereocenters. The zero-order valence-corrected chi connectivity index (χ0v) is 15.5. The number of carbonyl (C=O) groups excluding carboxylic acids is 3. The highest BCUT2D eigenvalue weighted by Gasteiger charge is 2.42. The lowest BCUT2D eigenvalue weighted by atomic mass is 10.0. The molecule has 1 atom stereocenters. The molecule has 1 aromatic rings. The number of rotatable bonds is 4. The number of amides is 3. The molecule has 2 heterocycles. The lowest BCUT2D eigenvalue weighted by Crippen LogP contribution is -2.66. The predicted molar refractivity (Wildman–Crippen MR) is 95.8 cm³/mol. The molecular formula is C19H25N3O4. The molecule has 0 N–H and O–H groups in total. The average molecular weight is 359 g/mol.